The van der Waals surface area contributed by atoms with Gasteiger partial charge >= 0.3 is 6.03 Å². The molecule has 0 aromatic heterocycles. The first-order chi connectivity index (χ1) is 11.8. The molecule has 1 radical (unpaired) electrons. The Labute approximate surface area is 142 Å². The van der Waals surface area contributed by atoms with Crippen LogP contribution < -0.4 is 10.6 Å². The maximum absolute atomic E-state index is 12.1. The summed E-state index contributed by atoms with van der Waals surface area (Å²) in [7, 11) is 0. The normalized spacial score (nSPS) is 10.4. The topological polar surface area (TPSA) is 41.1 Å². The van der Waals surface area contributed by atoms with Crippen molar-refractivity contribution >= 4 is 11.7 Å². The number of carbonyl (C=O) groups is 1. The van der Waals surface area contributed by atoms with Crippen molar-refractivity contribution in [2.24, 2.45) is 0 Å². The summed E-state index contributed by atoms with van der Waals surface area (Å²) in [6.45, 7) is 0.527. The van der Waals surface area contributed by atoms with Gasteiger partial charge in [-0.3, -0.25) is 0 Å². The molecule has 3 aromatic rings. The molecule has 0 bridgehead atoms. The number of rotatable bonds is 5. The van der Waals surface area contributed by atoms with Crippen LogP contribution in [-0.2, 0) is 0 Å². The lowest BCUT2D eigenvalue weighted by atomic mass is 9.91. The van der Waals surface area contributed by atoms with E-state index in [1.54, 1.807) is 12.1 Å². The van der Waals surface area contributed by atoms with Gasteiger partial charge in [-0.1, -0.05) is 72.8 Å². The Balaban J connectivity index is 1.70. The van der Waals surface area contributed by atoms with Gasteiger partial charge in [0.1, 0.15) is 0 Å². The van der Waals surface area contributed by atoms with Gasteiger partial charge in [0.2, 0.25) is 0 Å². The molecule has 3 nitrogen and oxygen atoms in total. The molecule has 3 aromatic carbocycles. The fourth-order valence-electron chi connectivity index (χ4n) is 2.64. The number of benzene rings is 3. The number of amides is 2. The number of urea groups is 1. The van der Waals surface area contributed by atoms with Crippen LogP contribution in [0, 0.1) is 6.07 Å². The highest BCUT2D eigenvalue weighted by Gasteiger charge is 2.15. The van der Waals surface area contributed by atoms with Crippen LogP contribution >= 0.6 is 0 Å². The van der Waals surface area contributed by atoms with Gasteiger partial charge in [-0.15, -0.1) is 0 Å². The van der Waals surface area contributed by atoms with E-state index in [-0.39, 0.29) is 11.9 Å². The van der Waals surface area contributed by atoms with Gasteiger partial charge in [-0.25, -0.2) is 4.79 Å². The molecular formula is C21H19N2O. The molecule has 0 heterocycles. The van der Waals surface area contributed by atoms with Crippen LogP contribution in [0.25, 0.3) is 0 Å². The summed E-state index contributed by atoms with van der Waals surface area (Å²) in [6, 6.07) is 30.3. The predicted molar refractivity (Wildman–Crippen MR) is 97.0 cm³/mol. The third-order valence-electron chi connectivity index (χ3n) is 3.85. The summed E-state index contributed by atoms with van der Waals surface area (Å²) in [5.74, 6) is 0.113. The lowest BCUT2D eigenvalue weighted by Gasteiger charge is -2.19. The quantitative estimate of drug-likeness (QED) is 0.718. The Morgan fingerprint density at radius 1 is 0.833 bits per heavy atom. The van der Waals surface area contributed by atoms with E-state index in [1.165, 1.54) is 11.1 Å². The lowest BCUT2D eigenvalue weighted by molar-refractivity contribution is 0.252. The molecule has 2 N–H and O–H groups in total. The number of hydrogen-bond donors (Lipinski definition) is 2. The zero-order chi connectivity index (χ0) is 16.6. The second kappa shape index (κ2) is 7.97. The molecule has 0 aliphatic rings. The van der Waals surface area contributed by atoms with Crippen LogP contribution in [0.2, 0.25) is 0 Å². The molecule has 0 aliphatic carbocycles. The van der Waals surface area contributed by atoms with Gasteiger partial charge in [0.25, 0.3) is 0 Å². The van der Waals surface area contributed by atoms with Gasteiger partial charge in [0, 0.05) is 18.2 Å². The van der Waals surface area contributed by atoms with Crippen molar-refractivity contribution in [3.63, 3.8) is 0 Å². The van der Waals surface area contributed by atoms with Crippen molar-refractivity contribution in [3.8, 4) is 0 Å². The summed E-state index contributed by atoms with van der Waals surface area (Å²) in [6.07, 6.45) is 0. The smallest absolute Gasteiger partial charge is 0.319 e. The average molecular weight is 315 g/mol. The zero-order valence-corrected chi connectivity index (χ0v) is 13.3. The van der Waals surface area contributed by atoms with Crippen molar-refractivity contribution < 1.29 is 4.79 Å². The molecule has 2 amide bonds. The van der Waals surface area contributed by atoms with E-state index in [0.29, 0.717) is 6.54 Å². The maximum atomic E-state index is 12.1. The largest absolute Gasteiger partial charge is 0.337 e. The van der Waals surface area contributed by atoms with Crippen molar-refractivity contribution in [2.75, 3.05) is 11.9 Å². The standard InChI is InChI=1S/C21H19N2O/c24-21(23-19-14-8-3-9-15-19)22-16-20(17-10-4-1-5-11-17)18-12-6-2-7-13-18/h1-2,4-15,20H,16H2,(H2,22,23,24). The Bertz CT molecular complexity index is 718. The highest BCUT2D eigenvalue weighted by molar-refractivity contribution is 5.89. The summed E-state index contributed by atoms with van der Waals surface area (Å²) >= 11 is 0. The minimum Gasteiger partial charge on any atom is -0.337 e. The zero-order valence-electron chi connectivity index (χ0n) is 13.3. The molecule has 0 saturated heterocycles. The highest BCUT2D eigenvalue weighted by Crippen LogP contribution is 2.23. The monoisotopic (exact) mass is 315 g/mol. The van der Waals surface area contributed by atoms with Gasteiger partial charge in [-0.05, 0) is 29.3 Å². The van der Waals surface area contributed by atoms with Crippen molar-refractivity contribution in [3.05, 3.63) is 102 Å². The van der Waals surface area contributed by atoms with E-state index in [4.69, 9.17) is 0 Å². The summed E-state index contributed by atoms with van der Waals surface area (Å²) in [4.78, 5) is 12.1. The van der Waals surface area contributed by atoms with Gasteiger partial charge in [0.05, 0.1) is 0 Å². The Hall–Kier alpha value is -3.07. The maximum Gasteiger partial charge on any atom is 0.319 e. The van der Waals surface area contributed by atoms with E-state index >= 15 is 0 Å². The van der Waals surface area contributed by atoms with E-state index in [2.05, 4.69) is 41.0 Å². The molecule has 0 unspecified atom stereocenters. The van der Waals surface area contributed by atoms with Gasteiger partial charge < -0.3 is 10.6 Å². The second-order valence-corrected chi connectivity index (χ2v) is 5.50. The molecule has 3 heteroatoms. The minimum atomic E-state index is -0.210. The molecule has 0 aliphatic heterocycles. The van der Waals surface area contributed by atoms with E-state index in [1.807, 2.05) is 48.5 Å². The first kappa shape index (κ1) is 15.8. The number of carbonyl (C=O) groups excluding carboxylic acids is 1. The molecule has 0 fully saturated rings. The summed E-state index contributed by atoms with van der Waals surface area (Å²) in [5, 5.41) is 5.80. The fraction of sp³-hybridized carbons (Fsp3) is 0.0952. The highest BCUT2D eigenvalue weighted by atomic mass is 16.2. The van der Waals surface area contributed by atoms with Gasteiger partial charge in [-0.2, -0.15) is 0 Å². The van der Waals surface area contributed by atoms with Crippen LogP contribution in [0.1, 0.15) is 17.0 Å². The van der Waals surface area contributed by atoms with Crippen molar-refractivity contribution in [2.45, 2.75) is 5.92 Å². The van der Waals surface area contributed by atoms with Gasteiger partial charge in [0.15, 0.2) is 0 Å². The van der Waals surface area contributed by atoms with E-state index < -0.39 is 0 Å². The SMILES string of the molecule is O=C(NCC(c1ccccc1)c1ccccc1)Nc1cc[c]cc1. The van der Waals surface area contributed by atoms with Crippen molar-refractivity contribution in [1.29, 1.82) is 0 Å². The van der Waals surface area contributed by atoms with Crippen LogP contribution in [0.5, 0.6) is 0 Å². The first-order valence-electron chi connectivity index (χ1n) is 7.94. The predicted octanol–water partition coefficient (Wildman–Crippen LogP) is 4.44. The summed E-state index contributed by atoms with van der Waals surface area (Å²) < 4.78 is 0. The molecule has 119 valence electrons. The van der Waals surface area contributed by atoms with E-state index in [9.17, 15) is 4.79 Å². The Morgan fingerprint density at radius 2 is 1.38 bits per heavy atom. The van der Waals surface area contributed by atoms with Crippen LogP contribution in [0.15, 0.2) is 84.9 Å². The minimum absolute atomic E-state index is 0.113. The van der Waals surface area contributed by atoms with Crippen LogP contribution in [0.3, 0.4) is 0 Å². The van der Waals surface area contributed by atoms with Crippen molar-refractivity contribution in [1.82, 2.24) is 5.32 Å². The summed E-state index contributed by atoms with van der Waals surface area (Å²) in [5.41, 5.74) is 3.11. The second-order valence-electron chi connectivity index (χ2n) is 5.50. The fourth-order valence-corrected chi connectivity index (χ4v) is 2.64. The molecule has 0 spiro atoms. The molecule has 0 atom stereocenters. The molecular weight excluding hydrogens is 296 g/mol. The Morgan fingerprint density at radius 3 is 1.92 bits per heavy atom. The van der Waals surface area contributed by atoms with Crippen LogP contribution in [0.4, 0.5) is 10.5 Å². The number of anilines is 1. The van der Waals surface area contributed by atoms with Crippen LogP contribution in [-0.4, -0.2) is 12.6 Å². The van der Waals surface area contributed by atoms with E-state index in [0.717, 1.165) is 5.69 Å². The molecule has 0 saturated carbocycles. The third kappa shape index (κ3) is 4.23. The molecule has 3 rings (SSSR count). The average Bonchev–Trinajstić information content (AvgIpc) is 2.64. The number of nitrogens with one attached hydrogen (secondary N) is 2. The lowest BCUT2D eigenvalue weighted by Crippen LogP contribution is -2.32. The third-order valence-corrected chi connectivity index (χ3v) is 3.85. The molecule has 24 heavy (non-hydrogen) atoms. The number of hydrogen-bond acceptors (Lipinski definition) is 1. The Kier molecular flexibility index (Phi) is 5.25. The first-order valence-corrected chi connectivity index (χ1v) is 7.94.